The molecule has 0 aliphatic carbocycles. The number of hydrogen-bond donors (Lipinski definition) is 0. The fourth-order valence-electron chi connectivity index (χ4n) is 1.77. The van der Waals surface area contributed by atoms with Crippen molar-refractivity contribution in [2.45, 2.75) is 31.8 Å². The summed E-state index contributed by atoms with van der Waals surface area (Å²) in [6.45, 7) is 0.837. The molecule has 1 saturated heterocycles. The van der Waals surface area contributed by atoms with Crippen LogP contribution >= 0.6 is 15.9 Å². The van der Waals surface area contributed by atoms with E-state index in [1.54, 1.807) is 6.07 Å². The monoisotopic (exact) mass is 272 g/mol. The van der Waals surface area contributed by atoms with Gasteiger partial charge in [0, 0.05) is 13.0 Å². The summed E-state index contributed by atoms with van der Waals surface area (Å²) in [6, 6.07) is 1.74. The van der Waals surface area contributed by atoms with E-state index in [-0.39, 0.29) is 11.9 Å². The third-order valence-electron chi connectivity index (χ3n) is 2.59. The Labute approximate surface area is 96.9 Å². The van der Waals surface area contributed by atoms with E-state index in [0.29, 0.717) is 12.2 Å². The second-order valence-electron chi connectivity index (χ2n) is 3.69. The van der Waals surface area contributed by atoms with Crippen LogP contribution in [0, 0.1) is 0 Å². The van der Waals surface area contributed by atoms with Crippen LogP contribution in [-0.4, -0.2) is 18.5 Å². The zero-order valence-corrected chi connectivity index (χ0v) is 9.96. The predicted molar refractivity (Wildman–Crippen MR) is 58.9 cm³/mol. The van der Waals surface area contributed by atoms with Crippen molar-refractivity contribution in [2.24, 2.45) is 0 Å². The van der Waals surface area contributed by atoms with E-state index < -0.39 is 0 Å². The van der Waals surface area contributed by atoms with Gasteiger partial charge in [0.05, 0.1) is 16.8 Å². The van der Waals surface area contributed by atoms with Gasteiger partial charge in [-0.15, -0.1) is 0 Å². The summed E-state index contributed by atoms with van der Waals surface area (Å²) in [5.41, 5.74) is 0. The Morgan fingerprint density at radius 3 is 3.07 bits per heavy atom. The van der Waals surface area contributed by atoms with Crippen LogP contribution in [0.3, 0.4) is 0 Å². The van der Waals surface area contributed by atoms with Crippen molar-refractivity contribution in [1.29, 1.82) is 0 Å². The molecule has 0 bridgehead atoms. The lowest BCUT2D eigenvalue weighted by atomic mass is 10.1. The molecule has 0 N–H and O–H groups in total. The number of ether oxygens (including phenoxy) is 1. The normalized spacial score (nSPS) is 20.7. The van der Waals surface area contributed by atoms with Crippen molar-refractivity contribution in [2.75, 3.05) is 6.61 Å². The van der Waals surface area contributed by atoms with Crippen molar-refractivity contribution in [3.05, 3.63) is 22.6 Å². The van der Waals surface area contributed by atoms with E-state index in [1.807, 2.05) is 0 Å². The Morgan fingerprint density at radius 1 is 1.60 bits per heavy atom. The molecule has 1 aromatic rings. The molecular weight excluding hydrogens is 260 g/mol. The minimum absolute atomic E-state index is 0.0439. The highest BCUT2D eigenvalue weighted by Gasteiger charge is 2.19. The van der Waals surface area contributed by atoms with E-state index in [2.05, 4.69) is 15.9 Å². The molecule has 1 atom stereocenters. The number of Topliss-reactive ketones (excluding diaryl/α,β-unsaturated/α-hetero) is 1. The fraction of sp³-hybridized carbons (Fsp3) is 0.545. The molecule has 1 aliphatic rings. The molecule has 1 aliphatic heterocycles. The van der Waals surface area contributed by atoms with Crippen LogP contribution in [0.25, 0.3) is 0 Å². The van der Waals surface area contributed by atoms with Crippen LogP contribution < -0.4 is 0 Å². The summed E-state index contributed by atoms with van der Waals surface area (Å²) in [5, 5.41) is 0. The first-order valence-electron chi connectivity index (χ1n) is 5.15. The standard InChI is InChI=1S/C11H13BrO3/c12-9-5-7-15-11(9)10(13)4-3-8-2-1-6-14-8/h5,7-8H,1-4,6H2. The van der Waals surface area contributed by atoms with E-state index in [9.17, 15) is 4.79 Å². The lowest BCUT2D eigenvalue weighted by Crippen LogP contribution is -2.08. The molecule has 0 aromatic carbocycles. The van der Waals surface area contributed by atoms with Crippen molar-refractivity contribution in [3.63, 3.8) is 0 Å². The Balaban J connectivity index is 1.84. The number of furan rings is 1. The molecule has 0 radical (unpaired) electrons. The summed E-state index contributed by atoms with van der Waals surface area (Å²) in [7, 11) is 0. The van der Waals surface area contributed by atoms with Gasteiger partial charge in [-0.1, -0.05) is 0 Å². The van der Waals surface area contributed by atoms with E-state index in [1.165, 1.54) is 6.26 Å². The van der Waals surface area contributed by atoms with Crippen LogP contribution in [0.4, 0.5) is 0 Å². The SMILES string of the molecule is O=C(CCC1CCCO1)c1occc1Br. The minimum atomic E-state index is 0.0439. The van der Waals surface area contributed by atoms with Crippen molar-refractivity contribution in [1.82, 2.24) is 0 Å². The van der Waals surface area contributed by atoms with E-state index >= 15 is 0 Å². The molecule has 1 fully saturated rings. The first-order chi connectivity index (χ1) is 7.27. The molecule has 1 unspecified atom stereocenters. The van der Waals surface area contributed by atoms with Gasteiger partial charge < -0.3 is 9.15 Å². The summed E-state index contributed by atoms with van der Waals surface area (Å²) in [4.78, 5) is 11.7. The number of ketones is 1. The first-order valence-corrected chi connectivity index (χ1v) is 5.94. The quantitative estimate of drug-likeness (QED) is 0.791. The number of carbonyl (C=O) groups is 1. The summed E-state index contributed by atoms with van der Waals surface area (Å²) in [6.07, 6.45) is 5.27. The fourth-order valence-corrected chi connectivity index (χ4v) is 2.19. The van der Waals surface area contributed by atoms with Crippen LogP contribution in [0.5, 0.6) is 0 Å². The predicted octanol–water partition coefficient (Wildman–Crippen LogP) is 3.18. The number of carbonyl (C=O) groups excluding carboxylic acids is 1. The molecule has 3 nitrogen and oxygen atoms in total. The third-order valence-corrected chi connectivity index (χ3v) is 3.21. The maximum Gasteiger partial charge on any atom is 0.199 e. The van der Waals surface area contributed by atoms with Crippen molar-refractivity contribution >= 4 is 21.7 Å². The van der Waals surface area contributed by atoms with Crippen LogP contribution in [0.1, 0.15) is 36.2 Å². The minimum Gasteiger partial charge on any atom is -0.460 e. The average Bonchev–Trinajstić information content (AvgIpc) is 2.84. The van der Waals surface area contributed by atoms with Crippen LogP contribution in [0.15, 0.2) is 21.2 Å². The Morgan fingerprint density at radius 2 is 2.47 bits per heavy atom. The number of hydrogen-bond acceptors (Lipinski definition) is 3. The summed E-state index contributed by atoms with van der Waals surface area (Å²) in [5.74, 6) is 0.468. The Hall–Kier alpha value is -0.610. The third kappa shape index (κ3) is 2.69. The van der Waals surface area contributed by atoms with Gasteiger partial charge in [0.25, 0.3) is 0 Å². The topological polar surface area (TPSA) is 39.4 Å². The highest BCUT2D eigenvalue weighted by Crippen LogP contribution is 2.22. The first kappa shape index (κ1) is 10.9. The molecule has 2 rings (SSSR count). The van der Waals surface area contributed by atoms with E-state index in [4.69, 9.17) is 9.15 Å². The second kappa shape index (κ2) is 4.94. The zero-order valence-electron chi connectivity index (χ0n) is 8.37. The summed E-state index contributed by atoms with van der Waals surface area (Å²) < 4.78 is 11.3. The molecule has 4 heteroatoms. The second-order valence-corrected chi connectivity index (χ2v) is 4.55. The highest BCUT2D eigenvalue weighted by molar-refractivity contribution is 9.10. The lowest BCUT2D eigenvalue weighted by molar-refractivity contribution is 0.0839. The molecule has 0 saturated carbocycles. The Bertz CT molecular complexity index is 339. The molecule has 0 spiro atoms. The van der Waals surface area contributed by atoms with Gasteiger partial charge in [-0.05, 0) is 41.3 Å². The van der Waals surface area contributed by atoms with Crippen molar-refractivity contribution in [3.8, 4) is 0 Å². The number of halogens is 1. The Kier molecular flexibility index (Phi) is 3.59. The molecular formula is C11H13BrO3. The maximum atomic E-state index is 11.7. The molecule has 1 aromatic heterocycles. The number of rotatable bonds is 4. The highest BCUT2D eigenvalue weighted by atomic mass is 79.9. The molecule has 82 valence electrons. The molecule has 15 heavy (non-hydrogen) atoms. The smallest absolute Gasteiger partial charge is 0.199 e. The van der Waals surface area contributed by atoms with Gasteiger partial charge in [0.2, 0.25) is 0 Å². The average molecular weight is 273 g/mol. The van der Waals surface area contributed by atoms with Gasteiger partial charge in [0.15, 0.2) is 11.5 Å². The van der Waals surface area contributed by atoms with Gasteiger partial charge >= 0.3 is 0 Å². The molecule has 0 amide bonds. The maximum absolute atomic E-state index is 11.7. The lowest BCUT2D eigenvalue weighted by Gasteiger charge is -2.06. The summed E-state index contributed by atoms with van der Waals surface area (Å²) >= 11 is 3.27. The van der Waals surface area contributed by atoms with Gasteiger partial charge in [-0.25, -0.2) is 0 Å². The largest absolute Gasteiger partial charge is 0.460 e. The van der Waals surface area contributed by atoms with E-state index in [0.717, 1.165) is 30.3 Å². The van der Waals surface area contributed by atoms with Crippen molar-refractivity contribution < 1.29 is 13.9 Å². The van der Waals surface area contributed by atoms with Crippen LogP contribution in [-0.2, 0) is 4.74 Å². The zero-order chi connectivity index (χ0) is 10.7. The van der Waals surface area contributed by atoms with Gasteiger partial charge in [-0.2, -0.15) is 0 Å². The molecule has 2 heterocycles. The van der Waals surface area contributed by atoms with Gasteiger partial charge in [0.1, 0.15) is 0 Å². The van der Waals surface area contributed by atoms with Crippen LogP contribution in [0.2, 0.25) is 0 Å². The van der Waals surface area contributed by atoms with Gasteiger partial charge in [-0.3, -0.25) is 4.79 Å².